The minimum absolute atomic E-state index is 0.311. The summed E-state index contributed by atoms with van der Waals surface area (Å²) in [6.07, 6.45) is 0. The Balaban J connectivity index is 1.70. The SMILES string of the molecule is Cc1cc(NCc2ccc3c(c2)OCO3)nn1C. The van der Waals surface area contributed by atoms with Crippen LogP contribution in [0.1, 0.15) is 11.3 Å². The van der Waals surface area contributed by atoms with Gasteiger partial charge in [-0.1, -0.05) is 6.07 Å². The maximum atomic E-state index is 5.34. The number of ether oxygens (including phenoxy) is 2. The summed E-state index contributed by atoms with van der Waals surface area (Å²) in [6, 6.07) is 7.97. The van der Waals surface area contributed by atoms with Crippen LogP contribution in [0.5, 0.6) is 11.5 Å². The van der Waals surface area contributed by atoms with Gasteiger partial charge < -0.3 is 14.8 Å². The molecule has 94 valence electrons. The molecule has 18 heavy (non-hydrogen) atoms. The van der Waals surface area contributed by atoms with Gasteiger partial charge in [0.1, 0.15) is 5.82 Å². The number of hydrogen-bond acceptors (Lipinski definition) is 4. The zero-order chi connectivity index (χ0) is 12.5. The molecule has 5 heteroatoms. The third kappa shape index (κ3) is 1.99. The second-order valence-electron chi connectivity index (χ2n) is 4.34. The molecule has 2 heterocycles. The molecule has 1 aliphatic rings. The summed E-state index contributed by atoms with van der Waals surface area (Å²) in [7, 11) is 1.93. The average molecular weight is 245 g/mol. The Labute approximate surface area is 105 Å². The fourth-order valence-corrected chi connectivity index (χ4v) is 1.89. The van der Waals surface area contributed by atoms with Gasteiger partial charge in [-0.2, -0.15) is 5.10 Å². The fraction of sp³-hybridized carbons (Fsp3) is 0.308. The van der Waals surface area contributed by atoms with Crippen molar-refractivity contribution in [3.05, 3.63) is 35.5 Å². The summed E-state index contributed by atoms with van der Waals surface area (Å²) in [5, 5.41) is 7.63. The van der Waals surface area contributed by atoms with Crippen LogP contribution in [0.4, 0.5) is 5.82 Å². The molecule has 1 aliphatic heterocycles. The smallest absolute Gasteiger partial charge is 0.231 e. The Morgan fingerprint density at radius 2 is 2.11 bits per heavy atom. The first-order valence-corrected chi connectivity index (χ1v) is 5.85. The zero-order valence-electron chi connectivity index (χ0n) is 10.4. The highest BCUT2D eigenvalue weighted by Crippen LogP contribution is 2.32. The van der Waals surface area contributed by atoms with Crippen molar-refractivity contribution in [1.82, 2.24) is 9.78 Å². The van der Waals surface area contributed by atoms with E-state index in [-0.39, 0.29) is 0 Å². The second kappa shape index (κ2) is 4.25. The van der Waals surface area contributed by atoms with Crippen LogP contribution in [0.2, 0.25) is 0 Å². The highest BCUT2D eigenvalue weighted by atomic mass is 16.7. The van der Waals surface area contributed by atoms with Crippen molar-refractivity contribution in [2.75, 3.05) is 12.1 Å². The molecule has 0 amide bonds. The fourth-order valence-electron chi connectivity index (χ4n) is 1.89. The number of anilines is 1. The number of aromatic nitrogens is 2. The first-order valence-electron chi connectivity index (χ1n) is 5.85. The molecular formula is C13H15N3O2. The van der Waals surface area contributed by atoms with Crippen molar-refractivity contribution < 1.29 is 9.47 Å². The molecule has 0 spiro atoms. The Bertz CT molecular complexity index is 558. The lowest BCUT2D eigenvalue weighted by Gasteiger charge is -2.04. The lowest BCUT2D eigenvalue weighted by Crippen LogP contribution is -2.01. The number of aryl methyl sites for hydroxylation is 2. The monoisotopic (exact) mass is 245 g/mol. The Morgan fingerprint density at radius 1 is 1.28 bits per heavy atom. The molecule has 2 aromatic rings. The van der Waals surface area contributed by atoms with E-state index in [0.29, 0.717) is 13.3 Å². The van der Waals surface area contributed by atoms with Gasteiger partial charge in [0, 0.05) is 25.4 Å². The molecule has 1 aromatic heterocycles. The van der Waals surface area contributed by atoms with Gasteiger partial charge >= 0.3 is 0 Å². The summed E-state index contributed by atoms with van der Waals surface area (Å²) in [6.45, 7) is 3.05. The zero-order valence-corrected chi connectivity index (χ0v) is 10.4. The molecule has 0 saturated heterocycles. The van der Waals surface area contributed by atoms with Crippen molar-refractivity contribution in [2.24, 2.45) is 7.05 Å². The summed E-state index contributed by atoms with van der Waals surface area (Å²) < 4.78 is 12.5. The van der Waals surface area contributed by atoms with E-state index < -0.39 is 0 Å². The molecule has 0 radical (unpaired) electrons. The van der Waals surface area contributed by atoms with Crippen LogP contribution in [0, 0.1) is 6.92 Å². The summed E-state index contributed by atoms with van der Waals surface area (Å²) in [4.78, 5) is 0. The minimum Gasteiger partial charge on any atom is -0.454 e. The molecule has 0 atom stereocenters. The average Bonchev–Trinajstić information content (AvgIpc) is 2.94. The van der Waals surface area contributed by atoms with E-state index in [1.54, 1.807) is 0 Å². The Morgan fingerprint density at radius 3 is 2.89 bits per heavy atom. The standard InChI is InChI=1S/C13H15N3O2/c1-9-5-13(15-16(9)2)14-7-10-3-4-11-12(6-10)18-8-17-11/h3-6H,7-8H2,1-2H3,(H,14,15). The maximum Gasteiger partial charge on any atom is 0.231 e. The normalized spacial score (nSPS) is 12.8. The first-order chi connectivity index (χ1) is 8.72. The quantitative estimate of drug-likeness (QED) is 0.899. The molecule has 0 bridgehead atoms. The molecular weight excluding hydrogens is 230 g/mol. The molecule has 5 nitrogen and oxygen atoms in total. The minimum atomic E-state index is 0.311. The predicted octanol–water partition coefficient (Wildman–Crippen LogP) is 2.07. The number of hydrogen-bond donors (Lipinski definition) is 1. The molecule has 0 aliphatic carbocycles. The van der Waals surface area contributed by atoms with E-state index >= 15 is 0 Å². The van der Waals surface area contributed by atoms with Gasteiger partial charge in [-0.15, -0.1) is 0 Å². The van der Waals surface area contributed by atoms with E-state index in [1.807, 2.05) is 42.9 Å². The number of rotatable bonds is 3. The van der Waals surface area contributed by atoms with Crippen LogP contribution < -0.4 is 14.8 Å². The molecule has 3 rings (SSSR count). The van der Waals surface area contributed by atoms with Gasteiger partial charge in [-0.3, -0.25) is 4.68 Å². The van der Waals surface area contributed by atoms with E-state index in [0.717, 1.165) is 28.6 Å². The number of benzene rings is 1. The van der Waals surface area contributed by atoms with E-state index in [9.17, 15) is 0 Å². The van der Waals surface area contributed by atoms with Gasteiger partial charge in [-0.05, 0) is 24.6 Å². The van der Waals surface area contributed by atoms with Gasteiger partial charge in [0.2, 0.25) is 6.79 Å². The lowest BCUT2D eigenvalue weighted by molar-refractivity contribution is 0.174. The van der Waals surface area contributed by atoms with Crippen molar-refractivity contribution in [1.29, 1.82) is 0 Å². The third-order valence-electron chi connectivity index (χ3n) is 3.02. The van der Waals surface area contributed by atoms with Crippen LogP contribution in [0.25, 0.3) is 0 Å². The van der Waals surface area contributed by atoms with Crippen LogP contribution in [-0.4, -0.2) is 16.6 Å². The highest BCUT2D eigenvalue weighted by molar-refractivity contribution is 5.45. The first kappa shape index (κ1) is 11.0. The third-order valence-corrected chi connectivity index (χ3v) is 3.02. The highest BCUT2D eigenvalue weighted by Gasteiger charge is 2.13. The van der Waals surface area contributed by atoms with Gasteiger partial charge in [0.25, 0.3) is 0 Å². The largest absolute Gasteiger partial charge is 0.454 e. The van der Waals surface area contributed by atoms with Crippen LogP contribution in [0.3, 0.4) is 0 Å². The summed E-state index contributed by atoms with van der Waals surface area (Å²) >= 11 is 0. The molecule has 1 N–H and O–H groups in total. The van der Waals surface area contributed by atoms with Crippen molar-refractivity contribution in [3.63, 3.8) is 0 Å². The predicted molar refractivity (Wildman–Crippen MR) is 67.8 cm³/mol. The topological polar surface area (TPSA) is 48.3 Å². The Hall–Kier alpha value is -2.17. The van der Waals surface area contributed by atoms with Crippen molar-refractivity contribution in [3.8, 4) is 11.5 Å². The second-order valence-corrected chi connectivity index (χ2v) is 4.34. The molecule has 0 fully saturated rings. The molecule has 0 unspecified atom stereocenters. The van der Waals surface area contributed by atoms with Crippen LogP contribution in [-0.2, 0) is 13.6 Å². The summed E-state index contributed by atoms with van der Waals surface area (Å²) in [5.41, 5.74) is 2.27. The lowest BCUT2D eigenvalue weighted by atomic mass is 10.2. The van der Waals surface area contributed by atoms with E-state index in [4.69, 9.17) is 9.47 Å². The van der Waals surface area contributed by atoms with Crippen LogP contribution in [0.15, 0.2) is 24.3 Å². The van der Waals surface area contributed by atoms with Crippen LogP contribution >= 0.6 is 0 Å². The molecule has 1 aromatic carbocycles. The number of nitrogens with zero attached hydrogens (tertiary/aromatic N) is 2. The van der Waals surface area contributed by atoms with Crippen molar-refractivity contribution in [2.45, 2.75) is 13.5 Å². The van der Waals surface area contributed by atoms with Crippen molar-refractivity contribution >= 4 is 5.82 Å². The summed E-state index contributed by atoms with van der Waals surface area (Å²) in [5.74, 6) is 2.51. The van der Waals surface area contributed by atoms with Gasteiger partial charge in [0.15, 0.2) is 11.5 Å². The van der Waals surface area contributed by atoms with Gasteiger partial charge in [-0.25, -0.2) is 0 Å². The number of fused-ring (bicyclic) bond motifs is 1. The molecule has 0 saturated carbocycles. The Kier molecular flexibility index (Phi) is 2.59. The number of nitrogens with one attached hydrogen (secondary N) is 1. The van der Waals surface area contributed by atoms with Gasteiger partial charge in [0.05, 0.1) is 0 Å². The maximum absolute atomic E-state index is 5.34. The van der Waals surface area contributed by atoms with E-state index in [1.165, 1.54) is 0 Å². The van der Waals surface area contributed by atoms with E-state index in [2.05, 4.69) is 10.4 Å².